The number of hydrogen-bond donors (Lipinski definition) is 1. The molecule has 3 nitrogen and oxygen atoms in total. The summed E-state index contributed by atoms with van der Waals surface area (Å²) in [6, 6.07) is 6.66. The Balaban J connectivity index is 1.12. The van der Waals surface area contributed by atoms with Gasteiger partial charge in [-0.1, -0.05) is 57.9 Å². The van der Waals surface area contributed by atoms with Crippen molar-refractivity contribution >= 4 is 0 Å². The van der Waals surface area contributed by atoms with Gasteiger partial charge in [-0.25, -0.2) is 4.39 Å². The molecule has 6 rings (SSSR count). The summed E-state index contributed by atoms with van der Waals surface area (Å²) in [7, 11) is 0. The number of benzene rings is 1. The first-order valence-electron chi connectivity index (χ1n) is 15.5. The summed E-state index contributed by atoms with van der Waals surface area (Å²) in [6.45, 7) is 11.8. The van der Waals surface area contributed by atoms with Crippen molar-refractivity contribution in [2.45, 2.75) is 123 Å². The van der Waals surface area contributed by atoms with E-state index in [9.17, 15) is 9.50 Å². The number of allylic oxidation sites excluding steroid dienone is 1. The number of aliphatic hydroxyl groups is 1. The van der Waals surface area contributed by atoms with Gasteiger partial charge in [0.15, 0.2) is 5.79 Å². The molecule has 4 aliphatic carbocycles. The first-order valence-corrected chi connectivity index (χ1v) is 15.5. The second-order valence-corrected chi connectivity index (χ2v) is 14.5. The van der Waals surface area contributed by atoms with Crippen LogP contribution in [0.2, 0.25) is 0 Å². The van der Waals surface area contributed by atoms with Crippen LogP contribution >= 0.6 is 0 Å². The molecule has 1 saturated heterocycles. The molecule has 0 bridgehead atoms. The van der Waals surface area contributed by atoms with Crippen LogP contribution in [0.5, 0.6) is 0 Å². The maximum absolute atomic E-state index is 14.1. The molecule has 0 amide bonds. The Morgan fingerprint density at radius 3 is 2.55 bits per heavy atom. The molecule has 3 saturated carbocycles. The van der Waals surface area contributed by atoms with Crippen molar-refractivity contribution in [1.82, 2.24) is 0 Å². The maximum atomic E-state index is 14.1. The molecule has 0 aromatic heterocycles. The zero-order valence-electron chi connectivity index (χ0n) is 24.2. The Morgan fingerprint density at radius 2 is 1.76 bits per heavy atom. The van der Waals surface area contributed by atoms with Crippen molar-refractivity contribution in [2.75, 3.05) is 0 Å². The zero-order chi connectivity index (χ0) is 26.9. The van der Waals surface area contributed by atoms with Gasteiger partial charge < -0.3 is 14.6 Å². The van der Waals surface area contributed by atoms with E-state index in [2.05, 4.69) is 40.7 Å². The highest BCUT2D eigenvalue weighted by Crippen LogP contribution is 2.68. The molecule has 210 valence electrons. The van der Waals surface area contributed by atoms with Crippen molar-refractivity contribution < 1.29 is 19.0 Å². The quantitative estimate of drug-likeness (QED) is 0.380. The summed E-state index contributed by atoms with van der Waals surface area (Å²) in [5, 5.41) is 10.6. The average molecular weight is 525 g/mol. The van der Waals surface area contributed by atoms with Gasteiger partial charge in [-0.15, -0.1) is 0 Å². The van der Waals surface area contributed by atoms with Crippen LogP contribution in [0.3, 0.4) is 0 Å². The topological polar surface area (TPSA) is 38.7 Å². The summed E-state index contributed by atoms with van der Waals surface area (Å²) in [6.07, 6.45) is 13.9. The number of ether oxygens (including phenoxy) is 2. The minimum Gasteiger partial charge on any atom is -0.388 e. The molecule has 0 spiro atoms. The largest absolute Gasteiger partial charge is 0.388 e. The van der Waals surface area contributed by atoms with Crippen LogP contribution in [-0.2, 0) is 9.47 Å². The molecule has 5 aliphatic rings. The molecule has 1 heterocycles. The Labute approximate surface area is 229 Å². The molecule has 1 aliphatic heterocycles. The maximum Gasteiger partial charge on any atom is 0.164 e. The van der Waals surface area contributed by atoms with Gasteiger partial charge in [-0.3, -0.25) is 0 Å². The second-order valence-electron chi connectivity index (χ2n) is 14.5. The molecular formula is C34H49FO3. The third-order valence-electron chi connectivity index (χ3n) is 12.1. The Bertz CT molecular complexity index is 1070. The molecule has 10 atom stereocenters. The van der Waals surface area contributed by atoms with Gasteiger partial charge in [-0.05, 0) is 117 Å². The molecule has 1 N–H and O–H groups in total. The molecule has 38 heavy (non-hydrogen) atoms. The molecule has 4 heteroatoms. The van der Waals surface area contributed by atoms with Gasteiger partial charge in [0.05, 0.1) is 12.2 Å². The highest BCUT2D eigenvalue weighted by Gasteiger charge is 2.61. The van der Waals surface area contributed by atoms with Crippen LogP contribution in [0.25, 0.3) is 0 Å². The van der Waals surface area contributed by atoms with E-state index >= 15 is 0 Å². The lowest BCUT2D eigenvalue weighted by molar-refractivity contribution is -0.143. The van der Waals surface area contributed by atoms with E-state index in [0.29, 0.717) is 23.3 Å². The van der Waals surface area contributed by atoms with Gasteiger partial charge in [0.1, 0.15) is 11.9 Å². The first-order chi connectivity index (χ1) is 18.0. The number of halogens is 1. The lowest BCUT2D eigenvalue weighted by Crippen LogP contribution is -2.53. The zero-order valence-corrected chi connectivity index (χ0v) is 24.2. The van der Waals surface area contributed by atoms with Gasteiger partial charge in [0.2, 0.25) is 0 Å². The number of fused-ring (bicyclic) bond motifs is 7. The molecule has 1 aromatic carbocycles. The van der Waals surface area contributed by atoms with Gasteiger partial charge in [0, 0.05) is 5.56 Å². The van der Waals surface area contributed by atoms with Crippen LogP contribution in [0, 0.1) is 46.2 Å². The van der Waals surface area contributed by atoms with Crippen molar-refractivity contribution in [3.63, 3.8) is 0 Å². The summed E-state index contributed by atoms with van der Waals surface area (Å²) in [4.78, 5) is 0. The van der Waals surface area contributed by atoms with E-state index in [1.165, 1.54) is 44.6 Å². The highest BCUT2D eigenvalue weighted by molar-refractivity contribution is 5.30. The number of hydrogen-bond acceptors (Lipinski definition) is 3. The average Bonchev–Trinajstić information content (AvgIpc) is 3.39. The molecule has 1 aromatic rings. The first kappa shape index (κ1) is 27.0. The van der Waals surface area contributed by atoms with Crippen molar-refractivity contribution in [1.29, 1.82) is 0 Å². The van der Waals surface area contributed by atoms with Crippen LogP contribution in [0.4, 0.5) is 4.39 Å². The fourth-order valence-corrected chi connectivity index (χ4v) is 10.4. The monoisotopic (exact) mass is 524 g/mol. The van der Waals surface area contributed by atoms with E-state index in [1.807, 2.05) is 6.07 Å². The van der Waals surface area contributed by atoms with E-state index < -0.39 is 11.9 Å². The fourth-order valence-electron chi connectivity index (χ4n) is 10.4. The van der Waals surface area contributed by atoms with Crippen molar-refractivity contribution in [2.24, 2.45) is 40.4 Å². The van der Waals surface area contributed by atoms with E-state index in [-0.39, 0.29) is 23.4 Å². The summed E-state index contributed by atoms with van der Waals surface area (Å²) >= 11 is 0. The summed E-state index contributed by atoms with van der Waals surface area (Å²) < 4.78 is 26.9. The van der Waals surface area contributed by atoms with E-state index in [1.54, 1.807) is 17.7 Å². The standard InChI is InChI=1S/C34H49FO3/c1-21(9-8-12-29(36)23-10-6-7-11-28(23)35)24-15-16-25-22-13-14-27-31-30(37-32(2,3)38-31)18-20-34(27,5)26(22)17-19-33(24,25)4/h6-7,10-11,14,21-22,24-26,29-31,36H,8-9,12-13,15-20H2,1-5H3/t21-,22+,24-,25+,26+,29?,30+,31-,33-,34-/m1/s1. The van der Waals surface area contributed by atoms with E-state index in [0.717, 1.165) is 42.9 Å². The van der Waals surface area contributed by atoms with Crippen LogP contribution in [-0.4, -0.2) is 23.1 Å². The summed E-state index contributed by atoms with van der Waals surface area (Å²) in [5.74, 6) is 2.99. The third-order valence-corrected chi connectivity index (χ3v) is 12.1. The smallest absolute Gasteiger partial charge is 0.164 e. The SMILES string of the molecule is C[C@H](CCCC(O)c1ccccc1F)[C@H]1CC[C@H]2[C@@H]3CC=C4[C@H]5OC(C)(C)O[C@H]5CC[C@]4(C)[C@H]3CC[C@]12C. The molecular weight excluding hydrogens is 475 g/mol. The van der Waals surface area contributed by atoms with Crippen LogP contribution < -0.4 is 0 Å². The highest BCUT2D eigenvalue weighted by atomic mass is 19.1. The fraction of sp³-hybridized carbons (Fsp3) is 0.765. The van der Waals surface area contributed by atoms with Gasteiger partial charge >= 0.3 is 0 Å². The minimum atomic E-state index is -0.704. The van der Waals surface area contributed by atoms with Gasteiger partial charge in [0.25, 0.3) is 0 Å². The Hall–Kier alpha value is -1.23. The minimum absolute atomic E-state index is 0.147. The lowest BCUT2D eigenvalue weighted by atomic mass is 9.46. The van der Waals surface area contributed by atoms with Crippen LogP contribution in [0.15, 0.2) is 35.9 Å². The normalized spacial score (nSPS) is 42.9. The molecule has 0 radical (unpaired) electrons. The molecule has 1 unspecified atom stereocenters. The Morgan fingerprint density at radius 1 is 0.974 bits per heavy atom. The van der Waals surface area contributed by atoms with Gasteiger partial charge in [-0.2, -0.15) is 0 Å². The summed E-state index contributed by atoms with van der Waals surface area (Å²) in [5.41, 5.74) is 2.66. The van der Waals surface area contributed by atoms with Crippen molar-refractivity contribution in [3.8, 4) is 0 Å². The van der Waals surface area contributed by atoms with E-state index in [4.69, 9.17) is 9.47 Å². The number of aliphatic hydroxyl groups excluding tert-OH is 1. The Kier molecular flexibility index (Phi) is 6.88. The van der Waals surface area contributed by atoms with Crippen molar-refractivity contribution in [3.05, 3.63) is 47.3 Å². The third kappa shape index (κ3) is 4.32. The molecule has 4 fully saturated rings. The lowest BCUT2D eigenvalue weighted by Gasteiger charge is -2.59. The van der Waals surface area contributed by atoms with Crippen LogP contribution in [0.1, 0.15) is 110 Å². The second kappa shape index (κ2) is 9.70. The predicted molar refractivity (Wildman–Crippen MR) is 149 cm³/mol. The predicted octanol–water partition coefficient (Wildman–Crippen LogP) is 8.37. The number of rotatable bonds is 6.